The minimum absolute atomic E-state index is 0.0609. The number of aromatic nitrogens is 1. The van der Waals surface area contributed by atoms with Gasteiger partial charge in [0, 0.05) is 30.6 Å². The fraction of sp³-hybridized carbons (Fsp3) is 0.625. The topological polar surface area (TPSA) is 45.7 Å². The Balaban J connectivity index is 1.72. The summed E-state index contributed by atoms with van der Waals surface area (Å²) in [7, 11) is 2.09. The molecule has 2 atom stereocenters. The maximum absolute atomic E-state index is 12.9. The molecule has 1 saturated heterocycles. The number of rotatable bonds is 4. The number of nitrogens with zero attached hydrogens (tertiary/aromatic N) is 3. The zero-order valence-corrected chi connectivity index (χ0v) is 13.8. The second-order valence-electron chi connectivity index (χ2n) is 6.00. The van der Waals surface area contributed by atoms with Gasteiger partial charge in [0.15, 0.2) is 5.13 Å². The third-order valence-corrected chi connectivity index (χ3v) is 5.06. The van der Waals surface area contributed by atoms with Gasteiger partial charge in [-0.1, -0.05) is 12.2 Å². The largest absolute Gasteiger partial charge is 0.374 e. The van der Waals surface area contributed by atoms with E-state index < -0.39 is 0 Å². The minimum atomic E-state index is 0.0609. The molecule has 0 unspecified atom stereocenters. The van der Waals surface area contributed by atoms with Crippen molar-refractivity contribution >= 4 is 22.4 Å². The highest BCUT2D eigenvalue weighted by Gasteiger charge is 2.30. The first-order valence-electron chi connectivity index (χ1n) is 7.90. The number of morpholine rings is 1. The van der Waals surface area contributed by atoms with Gasteiger partial charge in [0.2, 0.25) is 5.91 Å². The number of likely N-dealkylation sites (N-methyl/N-ethyl adjacent to an activating group) is 1. The fourth-order valence-corrected chi connectivity index (χ4v) is 3.69. The van der Waals surface area contributed by atoms with Crippen LogP contribution in [0.2, 0.25) is 0 Å². The molecule has 1 fully saturated rings. The van der Waals surface area contributed by atoms with E-state index in [1.54, 1.807) is 6.20 Å². The van der Waals surface area contributed by atoms with Crippen molar-refractivity contribution in [3.05, 3.63) is 23.7 Å². The molecular formula is C16H23N3O2S. The molecule has 0 saturated carbocycles. The van der Waals surface area contributed by atoms with Crippen LogP contribution in [0.5, 0.6) is 0 Å². The second kappa shape index (κ2) is 7.35. The van der Waals surface area contributed by atoms with E-state index in [-0.39, 0.29) is 17.9 Å². The molecule has 5 nitrogen and oxygen atoms in total. The summed E-state index contributed by atoms with van der Waals surface area (Å²) in [6, 6.07) is 0. The van der Waals surface area contributed by atoms with Gasteiger partial charge in [-0.2, -0.15) is 0 Å². The number of ether oxygens (including phenoxy) is 1. The van der Waals surface area contributed by atoms with Crippen LogP contribution in [-0.4, -0.2) is 55.2 Å². The van der Waals surface area contributed by atoms with Crippen molar-refractivity contribution in [1.82, 2.24) is 9.88 Å². The summed E-state index contributed by atoms with van der Waals surface area (Å²) in [5.41, 5.74) is 0. The van der Waals surface area contributed by atoms with Crippen molar-refractivity contribution < 1.29 is 9.53 Å². The van der Waals surface area contributed by atoms with Crippen LogP contribution in [0.15, 0.2) is 23.7 Å². The number of hydrogen-bond donors (Lipinski definition) is 0. The standard InChI is InChI=1S/C16H23N3O2S/c1-18-8-9-21-14(11-18)12-19(16-17-7-10-22-16)15(20)13-5-3-2-4-6-13/h2-3,7,10,13-14H,4-6,8-9,11-12H2,1H3/t13-,14+/m1/s1. The molecule has 2 heterocycles. The SMILES string of the molecule is CN1CCO[C@H](CN(C(=O)[C@@H]2CC=CCC2)c2nccs2)C1. The summed E-state index contributed by atoms with van der Waals surface area (Å²) in [5, 5.41) is 2.71. The molecule has 1 aromatic rings. The molecule has 1 amide bonds. The first-order chi connectivity index (χ1) is 10.7. The third kappa shape index (κ3) is 3.74. The Labute approximate surface area is 135 Å². The zero-order chi connectivity index (χ0) is 15.4. The summed E-state index contributed by atoms with van der Waals surface area (Å²) < 4.78 is 5.84. The summed E-state index contributed by atoms with van der Waals surface area (Å²) in [6.45, 7) is 3.14. The monoisotopic (exact) mass is 321 g/mol. The van der Waals surface area contributed by atoms with E-state index in [0.29, 0.717) is 6.54 Å². The van der Waals surface area contributed by atoms with Gasteiger partial charge in [0.25, 0.3) is 0 Å². The average Bonchev–Trinajstić information content (AvgIpc) is 3.07. The lowest BCUT2D eigenvalue weighted by molar-refractivity contribution is -0.123. The molecule has 3 rings (SSSR count). The van der Waals surface area contributed by atoms with Gasteiger partial charge < -0.3 is 9.64 Å². The van der Waals surface area contributed by atoms with Crippen LogP contribution < -0.4 is 4.90 Å². The third-order valence-electron chi connectivity index (χ3n) is 4.26. The molecule has 1 aromatic heterocycles. The molecule has 1 aliphatic carbocycles. The summed E-state index contributed by atoms with van der Waals surface area (Å²) in [4.78, 5) is 21.4. The van der Waals surface area contributed by atoms with Crippen LogP contribution in [-0.2, 0) is 9.53 Å². The van der Waals surface area contributed by atoms with E-state index in [0.717, 1.165) is 44.1 Å². The fourth-order valence-electron chi connectivity index (χ4n) is 3.03. The molecule has 0 radical (unpaired) electrons. The highest BCUT2D eigenvalue weighted by molar-refractivity contribution is 7.13. The number of allylic oxidation sites excluding steroid dienone is 2. The minimum Gasteiger partial charge on any atom is -0.374 e. The van der Waals surface area contributed by atoms with E-state index in [9.17, 15) is 4.79 Å². The van der Waals surface area contributed by atoms with Gasteiger partial charge in [-0.05, 0) is 26.3 Å². The van der Waals surface area contributed by atoms with Gasteiger partial charge >= 0.3 is 0 Å². The molecule has 0 spiro atoms. The van der Waals surface area contributed by atoms with Gasteiger partial charge in [-0.3, -0.25) is 9.69 Å². The Morgan fingerprint density at radius 2 is 2.45 bits per heavy atom. The van der Waals surface area contributed by atoms with Crippen molar-refractivity contribution in [3.8, 4) is 0 Å². The first-order valence-corrected chi connectivity index (χ1v) is 8.78. The second-order valence-corrected chi connectivity index (χ2v) is 6.87. The Hall–Kier alpha value is -1.24. The summed E-state index contributed by atoms with van der Waals surface area (Å²) >= 11 is 1.52. The number of anilines is 1. The van der Waals surface area contributed by atoms with E-state index in [1.165, 1.54) is 11.3 Å². The Kier molecular flexibility index (Phi) is 5.23. The van der Waals surface area contributed by atoms with Crippen molar-refractivity contribution in [3.63, 3.8) is 0 Å². The summed E-state index contributed by atoms with van der Waals surface area (Å²) in [6.07, 6.45) is 8.87. The summed E-state index contributed by atoms with van der Waals surface area (Å²) in [5.74, 6) is 0.270. The maximum atomic E-state index is 12.9. The quantitative estimate of drug-likeness (QED) is 0.797. The van der Waals surface area contributed by atoms with Crippen LogP contribution >= 0.6 is 11.3 Å². The van der Waals surface area contributed by atoms with Crippen molar-refractivity contribution in [2.75, 3.05) is 38.2 Å². The molecule has 2 aliphatic rings. The lowest BCUT2D eigenvalue weighted by Crippen LogP contribution is -2.49. The molecular weight excluding hydrogens is 298 g/mol. The molecule has 0 bridgehead atoms. The number of amides is 1. The highest BCUT2D eigenvalue weighted by Crippen LogP contribution is 2.26. The normalized spacial score (nSPS) is 26.0. The van der Waals surface area contributed by atoms with Gasteiger partial charge in [0.05, 0.1) is 19.3 Å². The number of carbonyl (C=O) groups is 1. The van der Waals surface area contributed by atoms with Crippen LogP contribution in [0.25, 0.3) is 0 Å². The van der Waals surface area contributed by atoms with E-state index >= 15 is 0 Å². The smallest absolute Gasteiger partial charge is 0.232 e. The van der Waals surface area contributed by atoms with Crippen molar-refractivity contribution in [2.24, 2.45) is 5.92 Å². The Morgan fingerprint density at radius 3 is 3.14 bits per heavy atom. The predicted octanol–water partition coefficient (Wildman–Crippen LogP) is 2.16. The van der Waals surface area contributed by atoms with E-state index in [2.05, 4.69) is 29.1 Å². The number of hydrogen-bond acceptors (Lipinski definition) is 5. The first kappa shape index (κ1) is 15.6. The molecule has 22 heavy (non-hydrogen) atoms. The van der Waals surface area contributed by atoms with Crippen LogP contribution in [0, 0.1) is 5.92 Å². The Morgan fingerprint density at radius 1 is 1.55 bits per heavy atom. The van der Waals surface area contributed by atoms with Gasteiger partial charge in [-0.25, -0.2) is 4.98 Å². The van der Waals surface area contributed by atoms with Gasteiger partial charge in [-0.15, -0.1) is 11.3 Å². The van der Waals surface area contributed by atoms with Crippen LogP contribution in [0.3, 0.4) is 0 Å². The van der Waals surface area contributed by atoms with E-state index in [4.69, 9.17) is 4.74 Å². The van der Waals surface area contributed by atoms with Crippen molar-refractivity contribution in [1.29, 1.82) is 0 Å². The lowest BCUT2D eigenvalue weighted by Gasteiger charge is -2.34. The highest BCUT2D eigenvalue weighted by atomic mass is 32.1. The molecule has 6 heteroatoms. The number of carbonyl (C=O) groups excluding carboxylic acids is 1. The van der Waals surface area contributed by atoms with Crippen LogP contribution in [0.1, 0.15) is 19.3 Å². The molecule has 0 aromatic carbocycles. The molecule has 1 aliphatic heterocycles. The van der Waals surface area contributed by atoms with Crippen LogP contribution in [0.4, 0.5) is 5.13 Å². The average molecular weight is 321 g/mol. The zero-order valence-electron chi connectivity index (χ0n) is 13.0. The maximum Gasteiger partial charge on any atom is 0.232 e. The predicted molar refractivity (Wildman–Crippen MR) is 88.2 cm³/mol. The molecule has 0 N–H and O–H groups in total. The van der Waals surface area contributed by atoms with Crippen molar-refractivity contribution in [2.45, 2.75) is 25.4 Å². The van der Waals surface area contributed by atoms with Gasteiger partial charge in [0.1, 0.15) is 0 Å². The Bertz CT molecular complexity index is 517. The molecule has 120 valence electrons. The van der Waals surface area contributed by atoms with E-state index in [1.807, 2.05) is 10.3 Å². The lowest BCUT2D eigenvalue weighted by atomic mass is 9.93. The number of thiazole rings is 1.